The summed E-state index contributed by atoms with van der Waals surface area (Å²) in [4.78, 5) is 14.9. The molecule has 6 aromatic carbocycles. The molecule has 4 nitrogen and oxygen atoms in total. The van der Waals surface area contributed by atoms with Crippen LogP contribution in [0.1, 0.15) is 0 Å². The third-order valence-electron chi connectivity index (χ3n) is 8.35. The number of furan rings is 1. The highest BCUT2D eigenvalue weighted by Gasteiger charge is 2.20. The van der Waals surface area contributed by atoms with Gasteiger partial charge in [-0.05, 0) is 57.4 Å². The van der Waals surface area contributed by atoms with E-state index in [4.69, 9.17) is 14.4 Å². The number of benzene rings is 6. The molecule has 200 valence electrons. The van der Waals surface area contributed by atoms with E-state index in [0.29, 0.717) is 5.82 Å². The first-order valence-electron chi connectivity index (χ1n) is 14.4. The van der Waals surface area contributed by atoms with Gasteiger partial charge in [0.2, 0.25) is 0 Å². The van der Waals surface area contributed by atoms with Crippen LogP contribution in [0.2, 0.25) is 0 Å². The highest BCUT2D eigenvalue weighted by molar-refractivity contribution is 6.26. The van der Waals surface area contributed by atoms with E-state index in [-0.39, 0.29) is 0 Å². The van der Waals surface area contributed by atoms with Crippen LogP contribution in [-0.4, -0.2) is 15.0 Å². The van der Waals surface area contributed by atoms with E-state index in [1.54, 1.807) is 6.20 Å². The number of nitrogens with zero attached hydrogens (tertiary/aromatic N) is 3. The first-order valence-corrected chi connectivity index (χ1v) is 14.4. The van der Waals surface area contributed by atoms with Crippen LogP contribution in [0.5, 0.6) is 0 Å². The highest BCUT2D eigenvalue weighted by atomic mass is 16.3. The fraction of sp³-hybridized carbons (Fsp3) is 0. The maximum atomic E-state index is 6.44. The zero-order chi connectivity index (χ0) is 28.3. The fourth-order valence-corrected chi connectivity index (χ4v) is 6.35. The molecule has 4 heteroatoms. The minimum absolute atomic E-state index is 0.670. The van der Waals surface area contributed by atoms with Crippen LogP contribution in [0.4, 0.5) is 0 Å². The first kappa shape index (κ1) is 23.8. The molecule has 0 aliphatic carbocycles. The molecule has 0 radical (unpaired) electrons. The maximum absolute atomic E-state index is 6.44. The van der Waals surface area contributed by atoms with Crippen molar-refractivity contribution in [1.82, 2.24) is 15.0 Å². The number of rotatable bonds is 3. The normalized spacial score (nSPS) is 11.7. The summed E-state index contributed by atoms with van der Waals surface area (Å²) in [6.07, 6.45) is 3.68. The van der Waals surface area contributed by atoms with E-state index < -0.39 is 0 Å². The summed E-state index contributed by atoms with van der Waals surface area (Å²) < 4.78 is 6.44. The molecule has 0 aliphatic heterocycles. The Bertz CT molecular complexity index is 2510. The van der Waals surface area contributed by atoms with Crippen molar-refractivity contribution in [1.29, 1.82) is 0 Å². The molecule has 0 fully saturated rings. The second-order valence-corrected chi connectivity index (χ2v) is 10.8. The van der Waals surface area contributed by atoms with Gasteiger partial charge in [0, 0.05) is 39.9 Å². The molecular weight excluding hydrogens is 526 g/mol. The van der Waals surface area contributed by atoms with E-state index in [9.17, 15) is 0 Å². The van der Waals surface area contributed by atoms with Gasteiger partial charge in [-0.15, -0.1) is 0 Å². The van der Waals surface area contributed by atoms with Crippen molar-refractivity contribution in [2.75, 3.05) is 0 Å². The molecule has 0 saturated heterocycles. The van der Waals surface area contributed by atoms with Gasteiger partial charge in [-0.25, -0.2) is 9.97 Å². The van der Waals surface area contributed by atoms with Gasteiger partial charge in [0.15, 0.2) is 5.82 Å². The molecule has 0 amide bonds. The highest BCUT2D eigenvalue weighted by Crippen LogP contribution is 2.42. The standard InChI is InChI=1S/C39H23N3O/c1-3-14-29-24(8-1)10-6-16-31(29)37-32-18-20-34-36(35-30-15-4-2-9-25(30)17-19-33(35)43-34)38(32)42-39(41-37)27-12-5-11-26(22-27)28-13-7-21-40-23-28/h1-23H. The second kappa shape index (κ2) is 9.33. The van der Waals surface area contributed by atoms with E-state index in [1.807, 2.05) is 12.3 Å². The lowest BCUT2D eigenvalue weighted by Gasteiger charge is -2.13. The molecule has 0 saturated carbocycles. The predicted octanol–water partition coefficient (Wildman–Crippen LogP) is 10.2. The molecule has 0 N–H and O–H groups in total. The number of pyridine rings is 1. The summed E-state index contributed by atoms with van der Waals surface area (Å²) in [6, 6.07) is 44.1. The number of hydrogen-bond acceptors (Lipinski definition) is 4. The van der Waals surface area contributed by atoms with Crippen molar-refractivity contribution in [3.63, 3.8) is 0 Å². The summed E-state index contributed by atoms with van der Waals surface area (Å²) in [5.74, 6) is 0.670. The molecule has 9 aromatic rings. The van der Waals surface area contributed by atoms with Gasteiger partial charge in [-0.3, -0.25) is 4.98 Å². The second-order valence-electron chi connectivity index (χ2n) is 10.8. The van der Waals surface area contributed by atoms with Crippen LogP contribution in [0, 0.1) is 0 Å². The molecule has 0 atom stereocenters. The van der Waals surface area contributed by atoms with E-state index >= 15 is 0 Å². The van der Waals surface area contributed by atoms with E-state index in [0.717, 1.165) is 71.6 Å². The summed E-state index contributed by atoms with van der Waals surface area (Å²) in [7, 11) is 0. The van der Waals surface area contributed by atoms with Crippen LogP contribution in [0.15, 0.2) is 144 Å². The molecule has 3 heterocycles. The SMILES string of the molecule is c1cncc(-c2cccc(-c3nc(-c4cccc5ccccc45)c4ccc5oc6ccc7ccccc7c6c5c4n3)c2)c1. The van der Waals surface area contributed by atoms with Gasteiger partial charge >= 0.3 is 0 Å². The van der Waals surface area contributed by atoms with Crippen LogP contribution in [0.3, 0.4) is 0 Å². The smallest absolute Gasteiger partial charge is 0.160 e. The number of hydrogen-bond donors (Lipinski definition) is 0. The van der Waals surface area contributed by atoms with Crippen LogP contribution < -0.4 is 0 Å². The van der Waals surface area contributed by atoms with Gasteiger partial charge in [-0.1, -0.05) is 97.1 Å². The third kappa shape index (κ3) is 3.74. The lowest BCUT2D eigenvalue weighted by Crippen LogP contribution is -1.96. The quantitative estimate of drug-likeness (QED) is 0.220. The van der Waals surface area contributed by atoms with Crippen LogP contribution >= 0.6 is 0 Å². The Balaban J connectivity index is 1.42. The van der Waals surface area contributed by atoms with Crippen molar-refractivity contribution in [2.45, 2.75) is 0 Å². The average molecular weight is 550 g/mol. The lowest BCUT2D eigenvalue weighted by molar-refractivity contribution is 0.669. The largest absolute Gasteiger partial charge is 0.456 e. The van der Waals surface area contributed by atoms with Crippen LogP contribution in [0.25, 0.3) is 88.2 Å². The van der Waals surface area contributed by atoms with Gasteiger partial charge in [0.05, 0.1) is 16.6 Å². The summed E-state index contributed by atoms with van der Waals surface area (Å²) in [6.45, 7) is 0. The summed E-state index contributed by atoms with van der Waals surface area (Å²) in [5, 5.41) is 7.73. The van der Waals surface area contributed by atoms with Gasteiger partial charge in [0.25, 0.3) is 0 Å². The van der Waals surface area contributed by atoms with Crippen molar-refractivity contribution >= 4 is 54.4 Å². The molecular formula is C39H23N3O. The van der Waals surface area contributed by atoms with Crippen molar-refractivity contribution in [3.8, 4) is 33.8 Å². The first-order chi connectivity index (χ1) is 21.3. The molecule has 0 spiro atoms. The van der Waals surface area contributed by atoms with Gasteiger partial charge in [-0.2, -0.15) is 0 Å². The predicted molar refractivity (Wildman–Crippen MR) is 176 cm³/mol. The Morgan fingerprint density at radius 2 is 1.21 bits per heavy atom. The average Bonchev–Trinajstić information content (AvgIpc) is 3.48. The Morgan fingerprint density at radius 1 is 0.488 bits per heavy atom. The Labute approximate surface area is 246 Å². The Morgan fingerprint density at radius 3 is 2.09 bits per heavy atom. The van der Waals surface area contributed by atoms with Crippen molar-refractivity contribution in [3.05, 3.63) is 140 Å². The third-order valence-corrected chi connectivity index (χ3v) is 8.35. The van der Waals surface area contributed by atoms with Crippen molar-refractivity contribution < 1.29 is 4.42 Å². The molecule has 3 aromatic heterocycles. The molecule has 0 aliphatic rings. The fourth-order valence-electron chi connectivity index (χ4n) is 6.35. The minimum atomic E-state index is 0.670. The molecule has 9 rings (SSSR count). The van der Waals surface area contributed by atoms with E-state index in [1.165, 1.54) is 10.8 Å². The van der Waals surface area contributed by atoms with E-state index in [2.05, 4.69) is 126 Å². The minimum Gasteiger partial charge on any atom is -0.456 e. The van der Waals surface area contributed by atoms with Gasteiger partial charge in [0.1, 0.15) is 11.2 Å². The molecule has 0 unspecified atom stereocenters. The lowest BCUT2D eigenvalue weighted by atomic mass is 9.97. The topological polar surface area (TPSA) is 51.8 Å². The summed E-state index contributed by atoms with van der Waals surface area (Å²) in [5.41, 5.74) is 7.59. The zero-order valence-corrected chi connectivity index (χ0v) is 23.0. The van der Waals surface area contributed by atoms with Crippen LogP contribution in [-0.2, 0) is 0 Å². The maximum Gasteiger partial charge on any atom is 0.160 e. The number of aromatic nitrogens is 3. The Kier molecular flexibility index (Phi) is 5.16. The Hall–Kier alpha value is -5.87. The molecule has 0 bridgehead atoms. The zero-order valence-electron chi connectivity index (χ0n) is 23.0. The summed E-state index contributed by atoms with van der Waals surface area (Å²) >= 11 is 0. The van der Waals surface area contributed by atoms with Crippen molar-refractivity contribution in [2.24, 2.45) is 0 Å². The monoisotopic (exact) mass is 549 g/mol. The van der Waals surface area contributed by atoms with Gasteiger partial charge < -0.3 is 4.42 Å². The number of fused-ring (bicyclic) bond motifs is 8. The molecule has 43 heavy (non-hydrogen) atoms.